The topological polar surface area (TPSA) is 64.6 Å². The summed E-state index contributed by atoms with van der Waals surface area (Å²) in [6, 6.07) is 14.1. The van der Waals surface area contributed by atoms with Crippen LogP contribution in [0.25, 0.3) is 10.8 Å². The minimum absolute atomic E-state index is 0.0447. The smallest absolute Gasteiger partial charge is 0.333 e. The van der Waals surface area contributed by atoms with Crippen LogP contribution in [0.2, 0.25) is 6.04 Å². The summed E-state index contributed by atoms with van der Waals surface area (Å²) in [5, 5.41) is 4.81. The number of nitrogens with one attached hydrogen (secondary N) is 1. The number of carbonyl (C=O) groups excluding carboxylic acids is 2. The summed E-state index contributed by atoms with van der Waals surface area (Å²) in [5.74, 6) is -0.686. The number of ether oxygens (including phenoxy) is 2. The zero-order valence-corrected chi connectivity index (χ0v) is 18.0. The molecule has 0 aliphatic heterocycles. The molecule has 0 heterocycles. The summed E-state index contributed by atoms with van der Waals surface area (Å²) in [6.45, 7) is 6.14. The van der Waals surface area contributed by atoms with E-state index in [1.165, 1.54) is 0 Å². The van der Waals surface area contributed by atoms with Gasteiger partial charge in [-0.1, -0.05) is 49.0 Å². The van der Waals surface area contributed by atoms with Gasteiger partial charge in [0.05, 0.1) is 12.6 Å². The lowest BCUT2D eigenvalue weighted by molar-refractivity contribution is -0.140. The lowest BCUT2D eigenvalue weighted by Crippen LogP contribution is -2.42. The molecule has 0 saturated carbocycles. The summed E-state index contributed by atoms with van der Waals surface area (Å²) in [5.41, 5.74) is 0.912. The number of amides is 1. The number of rotatable bonds is 10. The monoisotopic (exact) mass is 385 g/mol. The summed E-state index contributed by atoms with van der Waals surface area (Å²) < 4.78 is 10.9. The van der Waals surface area contributed by atoms with Crippen molar-refractivity contribution < 1.29 is 19.1 Å². The molecule has 27 heavy (non-hydrogen) atoms. The number of benzene rings is 2. The Bertz CT molecular complexity index is 800. The number of hydrogen-bond donors (Lipinski definition) is 1. The van der Waals surface area contributed by atoms with E-state index in [-0.39, 0.29) is 12.5 Å². The maximum Gasteiger partial charge on any atom is 0.333 e. The highest BCUT2D eigenvalue weighted by Gasteiger charge is 2.18. The van der Waals surface area contributed by atoms with Gasteiger partial charge >= 0.3 is 5.97 Å². The van der Waals surface area contributed by atoms with Crippen molar-refractivity contribution in [3.8, 4) is 0 Å². The van der Waals surface area contributed by atoms with E-state index in [1.54, 1.807) is 13.0 Å². The normalized spacial score (nSPS) is 11.9. The van der Waals surface area contributed by atoms with Crippen molar-refractivity contribution in [1.82, 2.24) is 5.32 Å². The van der Waals surface area contributed by atoms with Crippen molar-refractivity contribution in [2.75, 3.05) is 19.8 Å². The van der Waals surface area contributed by atoms with E-state index < -0.39 is 12.0 Å². The molecule has 6 heteroatoms. The van der Waals surface area contributed by atoms with Crippen LogP contribution in [-0.4, -0.2) is 48.0 Å². The lowest BCUT2D eigenvalue weighted by atomic mass is 10.0. The molecule has 2 aromatic rings. The van der Waals surface area contributed by atoms with Gasteiger partial charge in [-0.15, -0.1) is 0 Å². The molecule has 0 bridgehead atoms. The average Bonchev–Trinajstić information content (AvgIpc) is 2.68. The number of carbonyl (C=O) groups is 2. The van der Waals surface area contributed by atoms with Gasteiger partial charge in [-0.05, 0) is 30.2 Å². The molecule has 0 aliphatic carbocycles. The highest BCUT2D eigenvalue weighted by molar-refractivity contribution is 6.08. The van der Waals surface area contributed by atoms with E-state index in [1.807, 2.05) is 36.4 Å². The average molecular weight is 386 g/mol. The molecule has 1 amide bonds. The zero-order valence-electron chi connectivity index (χ0n) is 16.0. The Kier molecular flexibility index (Phi) is 8.23. The van der Waals surface area contributed by atoms with E-state index in [0.717, 1.165) is 33.5 Å². The first-order valence-electron chi connectivity index (χ1n) is 9.22. The van der Waals surface area contributed by atoms with E-state index in [9.17, 15) is 9.59 Å². The molecule has 1 unspecified atom stereocenters. The van der Waals surface area contributed by atoms with Crippen molar-refractivity contribution in [2.24, 2.45) is 0 Å². The highest BCUT2D eigenvalue weighted by Crippen LogP contribution is 2.18. The predicted molar refractivity (Wildman–Crippen MR) is 111 cm³/mol. The second-order valence-electron chi connectivity index (χ2n) is 6.50. The van der Waals surface area contributed by atoms with E-state index in [4.69, 9.17) is 9.47 Å². The molecule has 0 spiro atoms. The first-order valence-corrected chi connectivity index (χ1v) is 10.6. The third-order valence-corrected chi connectivity index (χ3v) is 4.80. The molecule has 5 nitrogen and oxygen atoms in total. The van der Waals surface area contributed by atoms with Crippen LogP contribution < -0.4 is 5.32 Å². The van der Waals surface area contributed by atoms with E-state index >= 15 is 0 Å². The molecule has 0 aromatic heterocycles. The van der Waals surface area contributed by atoms with Crippen LogP contribution in [0.1, 0.15) is 23.7 Å². The van der Waals surface area contributed by atoms with Crippen molar-refractivity contribution >= 4 is 32.9 Å². The fourth-order valence-corrected chi connectivity index (χ4v) is 2.88. The van der Waals surface area contributed by atoms with Crippen LogP contribution in [0.15, 0.2) is 54.6 Å². The maximum atomic E-state index is 12.8. The first-order chi connectivity index (χ1) is 13.0. The second-order valence-corrected chi connectivity index (χ2v) is 7.50. The molecule has 144 valence electrons. The van der Waals surface area contributed by atoms with Crippen molar-refractivity contribution in [3.05, 3.63) is 60.2 Å². The van der Waals surface area contributed by atoms with Crippen molar-refractivity contribution in [3.63, 3.8) is 0 Å². The standard InChI is InChI=1S/C21H27NO4Si/c1-15(2)21(24)26-14-17(13-25-11-6-12-27)22-20(23)19-10-5-8-16-7-3-4-9-18(16)19/h3-5,7-10,17H,1,6,11-14H2,2,27H3,(H,22,23). The minimum Gasteiger partial charge on any atom is -0.460 e. The quantitative estimate of drug-likeness (QED) is 0.295. The van der Waals surface area contributed by atoms with Crippen molar-refractivity contribution in [2.45, 2.75) is 25.4 Å². The molecule has 0 radical (unpaired) electrons. The summed E-state index contributed by atoms with van der Waals surface area (Å²) >= 11 is 0. The van der Waals surface area contributed by atoms with Gasteiger partial charge in [0.25, 0.3) is 5.91 Å². The second kappa shape index (κ2) is 10.6. The van der Waals surface area contributed by atoms with Gasteiger partial charge in [0, 0.05) is 28.0 Å². The van der Waals surface area contributed by atoms with Gasteiger partial charge in [-0.3, -0.25) is 4.79 Å². The van der Waals surface area contributed by atoms with Gasteiger partial charge in [-0.2, -0.15) is 0 Å². The van der Waals surface area contributed by atoms with E-state index in [2.05, 4.69) is 11.9 Å². The summed E-state index contributed by atoms with van der Waals surface area (Å²) in [4.78, 5) is 24.5. The largest absolute Gasteiger partial charge is 0.460 e. The van der Waals surface area contributed by atoms with Gasteiger partial charge < -0.3 is 14.8 Å². The molecular formula is C21H27NO4Si. The molecule has 0 fully saturated rings. The number of hydrogen-bond acceptors (Lipinski definition) is 4. The third kappa shape index (κ3) is 6.34. The van der Waals surface area contributed by atoms with E-state index in [0.29, 0.717) is 24.4 Å². The molecule has 2 rings (SSSR count). The van der Waals surface area contributed by atoms with Crippen LogP contribution in [0.5, 0.6) is 0 Å². The van der Waals surface area contributed by atoms with Crippen LogP contribution in [-0.2, 0) is 14.3 Å². The van der Waals surface area contributed by atoms with Crippen LogP contribution in [0.3, 0.4) is 0 Å². The fourth-order valence-electron chi connectivity index (χ4n) is 2.59. The molecule has 0 saturated heterocycles. The Morgan fingerprint density at radius 3 is 2.63 bits per heavy atom. The molecule has 1 atom stereocenters. The Morgan fingerprint density at radius 1 is 1.15 bits per heavy atom. The molecular weight excluding hydrogens is 358 g/mol. The van der Waals surface area contributed by atoms with Gasteiger partial charge in [0.1, 0.15) is 6.61 Å². The third-order valence-electron chi connectivity index (χ3n) is 4.09. The summed E-state index contributed by atoms with van der Waals surface area (Å²) in [7, 11) is 1.14. The minimum atomic E-state index is -0.473. The van der Waals surface area contributed by atoms with Crippen LogP contribution in [0, 0.1) is 0 Å². The predicted octanol–water partition coefficient (Wildman–Crippen LogP) is 2.25. The first kappa shape index (κ1) is 20.9. The number of esters is 1. The Morgan fingerprint density at radius 2 is 1.89 bits per heavy atom. The van der Waals surface area contributed by atoms with Crippen molar-refractivity contribution in [1.29, 1.82) is 0 Å². The van der Waals surface area contributed by atoms with Crippen LogP contribution >= 0.6 is 0 Å². The van der Waals surface area contributed by atoms with Gasteiger partial charge in [0.2, 0.25) is 0 Å². The Balaban J connectivity index is 2.08. The maximum absolute atomic E-state index is 12.8. The van der Waals surface area contributed by atoms with Gasteiger partial charge in [0.15, 0.2) is 0 Å². The Labute approximate surface area is 163 Å². The summed E-state index contributed by atoms with van der Waals surface area (Å²) in [6.07, 6.45) is 1.00. The van der Waals surface area contributed by atoms with Gasteiger partial charge in [-0.25, -0.2) is 4.79 Å². The van der Waals surface area contributed by atoms with Crippen LogP contribution in [0.4, 0.5) is 0 Å². The Hall–Kier alpha value is -2.44. The zero-order chi connectivity index (χ0) is 19.6. The SMILES string of the molecule is C=C(C)C(=O)OCC(COCCC[SiH3])NC(=O)c1cccc2ccccc12. The number of fused-ring (bicyclic) bond motifs is 1. The highest BCUT2D eigenvalue weighted by atomic mass is 28.1. The fraction of sp³-hybridized carbons (Fsp3) is 0.333. The molecule has 1 N–H and O–H groups in total. The molecule has 0 aliphatic rings. The lowest BCUT2D eigenvalue weighted by Gasteiger charge is -2.19. The molecule has 2 aromatic carbocycles.